The summed E-state index contributed by atoms with van der Waals surface area (Å²) in [7, 11) is 0. The third kappa shape index (κ3) is 4.62. The number of halogens is 2. The fourth-order valence-electron chi connectivity index (χ4n) is 2.26. The predicted molar refractivity (Wildman–Crippen MR) is 87.2 cm³/mol. The van der Waals surface area contributed by atoms with Gasteiger partial charge in [0.15, 0.2) is 5.75 Å². The summed E-state index contributed by atoms with van der Waals surface area (Å²) in [5.41, 5.74) is 0.715. The number of carboxylic acids is 1. The molecule has 3 nitrogen and oxygen atoms in total. The van der Waals surface area contributed by atoms with Gasteiger partial charge in [0.2, 0.25) is 0 Å². The Morgan fingerprint density at radius 3 is 2.62 bits per heavy atom. The first-order valence-electron chi connectivity index (χ1n) is 7.23. The summed E-state index contributed by atoms with van der Waals surface area (Å²) in [5, 5.41) is 9.89. The van der Waals surface area contributed by atoms with Crippen LogP contribution in [0.25, 0.3) is 0 Å². The number of carboxylic acid groups (broad SMARTS) is 1. The Balaban J connectivity index is 2.21. The quantitative estimate of drug-likeness (QED) is 0.720. The van der Waals surface area contributed by atoms with Crippen LogP contribution in [0.4, 0.5) is 0 Å². The second-order valence-corrected chi connectivity index (χ2v) is 7.35. The first-order valence-corrected chi connectivity index (χ1v) is 8.40. The molecule has 0 bridgehead atoms. The lowest BCUT2D eigenvalue weighted by Gasteiger charge is -2.18. The van der Waals surface area contributed by atoms with Crippen LogP contribution in [-0.4, -0.2) is 17.7 Å². The highest BCUT2D eigenvalue weighted by atomic mass is 79.9. The van der Waals surface area contributed by atoms with Crippen molar-refractivity contribution in [3.63, 3.8) is 0 Å². The van der Waals surface area contributed by atoms with Gasteiger partial charge in [-0.05, 0) is 64.7 Å². The predicted octanol–water partition coefficient (Wildman–Crippen LogP) is 5.11. The molecule has 5 heteroatoms. The molecule has 21 heavy (non-hydrogen) atoms. The van der Waals surface area contributed by atoms with Gasteiger partial charge in [-0.3, -0.25) is 4.79 Å². The number of carbonyl (C=O) groups is 1. The van der Waals surface area contributed by atoms with E-state index >= 15 is 0 Å². The smallest absolute Gasteiger partial charge is 0.310 e. The van der Waals surface area contributed by atoms with Gasteiger partial charge in [0.25, 0.3) is 0 Å². The Morgan fingerprint density at radius 1 is 1.48 bits per heavy atom. The first kappa shape index (κ1) is 16.6. The lowest BCUT2D eigenvalue weighted by Crippen LogP contribution is -2.14. The molecule has 0 radical (unpaired) electrons. The molecule has 1 N–H and O–H groups in total. The zero-order valence-electron chi connectivity index (χ0n) is 12.2. The number of hydrogen-bond acceptors (Lipinski definition) is 2. The van der Waals surface area contributed by atoms with Gasteiger partial charge in [-0.1, -0.05) is 25.4 Å². The number of ether oxygens (including phenoxy) is 1. The van der Waals surface area contributed by atoms with E-state index in [4.69, 9.17) is 16.3 Å². The van der Waals surface area contributed by atoms with Crippen molar-refractivity contribution < 1.29 is 14.6 Å². The fraction of sp³-hybridized carbons (Fsp3) is 0.562. The molecule has 0 spiro atoms. The number of aliphatic carboxylic acids is 1. The van der Waals surface area contributed by atoms with Gasteiger partial charge in [-0.15, -0.1) is 0 Å². The summed E-state index contributed by atoms with van der Waals surface area (Å²) in [6.07, 6.45) is 3.01. The van der Waals surface area contributed by atoms with Crippen LogP contribution in [0.2, 0.25) is 5.02 Å². The Kier molecular flexibility index (Phi) is 5.55. The maximum absolute atomic E-state index is 11.5. The van der Waals surface area contributed by atoms with Crippen molar-refractivity contribution in [2.75, 3.05) is 6.61 Å². The molecule has 1 unspecified atom stereocenters. The van der Waals surface area contributed by atoms with Crippen molar-refractivity contribution >= 4 is 33.5 Å². The third-order valence-electron chi connectivity index (χ3n) is 3.59. The van der Waals surface area contributed by atoms with Gasteiger partial charge in [0.05, 0.1) is 22.0 Å². The number of rotatable bonds is 7. The van der Waals surface area contributed by atoms with E-state index in [-0.39, 0.29) is 0 Å². The average Bonchev–Trinajstić information content (AvgIpc) is 3.18. The lowest BCUT2D eigenvalue weighted by atomic mass is 9.90. The van der Waals surface area contributed by atoms with Crippen LogP contribution < -0.4 is 4.74 Å². The Labute approximate surface area is 138 Å². The van der Waals surface area contributed by atoms with E-state index in [1.165, 1.54) is 12.8 Å². The monoisotopic (exact) mass is 374 g/mol. The Hall–Kier alpha value is -0.740. The molecule has 116 valence electrons. The summed E-state index contributed by atoms with van der Waals surface area (Å²) in [6, 6.07) is 3.53. The van der Waals surface area contributed by atoms with Crippen molar-refractivity contribution in [3.8, 4) is 5.75 Å². The lowest BCUT2D eigenvalue weighted by molar-refractivity contribution is -0.139. The normalized spacial score (nSPS) is 16.0. The summed E-state index contributed by atoms with van der Waals surface area (Å²) in [5.74, 6) is 0.186. The Bertz CT molecular complexity index is 503. The van der Waals surface area contributed by atoms with Gasteiger partial charge >= 0.3 is 5.97 Å². The molecule has 1 fully saturated rings. The van der Waals surface area contributed by atoms with Crippen molar-refractivity contribution in [1.82, 2.24) is 0 Å². The molecule has 1 aromatic carbocycles. The third-order valence-corrected chi connectivity index (χ3v) is 4.46. The Morgan fingerprint density at radius 2 is 2.14 bits per heavy atom. The molecule has 0 aromatic heterocycles. The van der Waals surface area contributed by atoms with E-state index in [0.717, 1.165) is 4.47 Å². The summed E-state index contributed by atoms with van der Waals surface area (Å²) < 4.78 is 6.46. The van der Waals surface area contributed by atoms with Crippen LogP contribution in [0.15, 0.2) is 16.6 Å². The van der Waals surface area contributed by atoms with E-state index in [9.17, 15) is 9.90 Å². The standard InChI is InChI=1S/C16H20BrClO3/c1-9(2)5-12(16(19)20)11-6-13(17)15(14(18)7-11)21-8-10-3-4-10/h6-7,9-10,12H,3-5,8H2,1-2H3,(H,19,20). The molecule has 1 aromatic rings. The van der Waals surface area contributed by atoms with Crippen LogP contribution >= 0.6 is 27.5 Å². The fourth-order valence-corrected chi connectivity index (χ4v) is 3.24. The second-order valence-electron chi connectivity index (χ2n) is 6.09. The van der Waals surface area contributed by atoms with Crippen molar-refractivity contribution in [3.05, 3.63) is 27.2 Å². The molecular formula is C16H20BrClO3. The summed E-state index contributed by atoms with van der Waals surface area (Å²) in [4.78, 5) is 11.5. The van der Waals surface area contributed by atoms with Crippen LogP contribution in [-0.2, 0) is 4.79 Å². The van der Waals surface area contributed by atoms with E-state index in [1.54, 1.807) is 6.07 Å². The summed E-state index contributed by atoms with van der Waals surface area (Å²) in [6.45, 7) is 4.70. The van der Waals surface area contributed by atoms with Crippen LogP contribution in [0.3, 0.4) is 0 Å². The number of hydrogen-bond donors (Lipinski definition) is 1. The van der Waals surface area contributed by atoms with Gasteiger partial charge < -0.3 is 9.84 Å². The van der Waals surface area contributed by atoms with Crippen LogP contribution in [0.1, 0.15) is 44.6 Å². The number of benzene rings is 1. The van der Waals surface area contributed by atoms with Crippen molar-refractivity contribution in [2.45, 2.75) is 39.0 Å². The molecule has 1 aliphatic carbocycles. The van der Waals surface area contributed by atoms with Gasteiger partial charge in [0.1, 0.15) is 0 Å². The highest BCUT2D eigenvalue weighted by Crippen LogP contribution is 2.39. The maximum atomic E-state index is 11.5. The minimum absolute atomic E-state index is 0.300. The van der Waals surface area contributed by atoms with Crippen molar-refractivity contribution in [1.29, 1.82) is 0 Å². The van der Waals surface area contributed by atoms with E-state index in [0.29, 0.717) is 41.2 Å². The molecule has 0 heterocycles. The second kappa shape index (κ2) is 7.01. The van der Waals surface area contributed by atoms with Gasteiger partial charge in [0, 0.05) is 0 Å². The highest BCUT2D eigenvalue weighted by molar-refractivity contribution is 9.10. The zero-order chi connectivity index (χ0) is 15.6. The highest BCUT2D eigenvalue weighted by Gasteiger charge is 2.25. The largest absolute Gasteiger partial charge is 0.491 e. The van der Waals surface area contributed by atoms with Gasteiger partial charge in [-0.2, -0.15) is 0 Å². The van der Waals surface area contributed by atoms with Crippen LogP contribution in [0.5, 0.6) is 5.75 Å². The minimum Gasteiger partial charge on any atom is -0.491 e. The molecule has 0 amide bonds. The molecule has 0 aliphatic heterocycles. The average molecular weight is 376 g/mol. The van der Waals surface area contributed by atoms with E-state index in [2.05, 4.69) is 15.9 Å². The SMILES string of the molecule is CC(C)CC(C(=O)O)c1cc(Cl)c(OCC2CC2)c(Br)c1. The van der Waals surface area contributed by atoms with Crippen molar-refractivity contribution in [2.24, 2.45) is 11.8 Å². The molecular weight excluding hydrogens is 356 g/mol. The first-order chi connectivity index (χ1) is 9.88. The van der Waals surface area contributed by atoms with Crippen LogP contribution in [0, 0.1) is 11.8 Å². The van der Waals surface area contributed by atoms with E-state index in [1.807, 2.05) is 19.9 Å². The maximum Gasteiger partial charge on any atom is 0.310 e. The molecule has 1 saturated carbocycles. The molecule has 0 saturated heterocycles. The molecule has 1 aliphatic rings. The van der Waals surface area contributed by atoms with E-state index < -0.39 is 11.9 Å². The topological polar surface area (TPSA) is 46.5 Å². The molecule has 1 atom stereocenters. The zero-order valence-corrected chi connectivity index (χ0v) is 14.6. The molecule has 2 rings (SSSR count). The van der Waals surface area contributed by atoms with Gasteiger partial charge in [-0.25, -0.2) is 0 Å². The summed E-state index contributed by atoms with van der Waals surface area (Å²) >= 11 is 9.73. The minimum atomic E-state index is -0.821.